The topological polar surface area (TPSA) is 134 Å². The number of alkyl carbamates (subject to hydrolysis) is 1. The Bertz CT molecular complexity index is 839. The molecule has 1 atom stereocenters. The van der Waals surface area contributed by atoms with E-state index in [4.69, 9.17) is 18.9 Å². The van der Waals surface area contributed by atoms with Crippen molar-refractivity contribution >= 4 is 29.8 Å². The van der Waals surface area contributed by atoms with E-state index in [0.29, 0.717) is 0 Å². The predicted octanol–water partition coefficient (Wildman–Crippen LogP) is 2.18. The molecule has 1 N–H and O–H groups in total. The molecular weight excluding hydrogens is 398 g/mol. The molecule has 0 spiro atoms. The quantitative estimate of drug-likeness (QED) is 0.303. The summed E-state index contributed by atoms with van der Waals surface area (Å²) in [5.74, 6) is -3.53. The van der Waals surface area contributed by atoms with Gasteiger partial charge in [0.05, 0.1) is 6.61 Å². The van der Waals surface area contributed by atoms with Gasteiger partial charge in [0.15, 0.2) is 23.3 Å². The van der Waals surface area contributed by atoms with E-state index in [0.717, 1.165) is 19.9 Å². The molecule has 0 aromatic heterocycles. The molecule has 0 heterocycles. The first-order chi connectivity index (χ1) is 13.8. The molecule has 0 saturated carbocycles. The van der Waals surface area contributed by atoms with E-state index in [1.807, 2.05) is 0 Å². The molecule has 10 nitrogen and oxygen atoms in total. The third-order valence-corrected chi connectivity index (χ3v) is 3.18. The van der Waals surface area contributed by atoms with Crippen LogP contribution in [0.1, 0.15) is 51.9 Å². The van der Waals surface area contributed by atoms with Gasteiger partial charge in [0.25, 0.3) is 0 Å². The molecule has 0 aliphatic heterocycles. The summed E-state index contributed by atoms with van der Waals surface area (Å²) in [7, 11) is 0. The number of Topliss-reactive ketones (excluding diaryl/α,β-unsaturated/α-hetero) is 1. The smallest absolute Gasteiger partial charge is 0.408 e. The first kappa shape index (κ1) is 24.6. The van der Waals surface area contributed by atoms with E-state index in [1.54, 1.807) is 27.7 Å². The standard InChI is InChI=1S/C20H25NO9/c1-7-27-18(25)16(21-19(26)30-20(4,5)6)17(24)13-8-9-14(28-11(2)22)15(10-13)29-12(3)23/h8-10,16H,7H2,1-6H3,(H,21,26). The highest BCUT2D eigenvalue weighted by molar-refractivity contribution is 6.13. The number of nitrogens with one attached hydrogen (secondary N) is 1. The molecule has 164 valence electrons. The minimum absolute atomic E-state index is 0.0251. The number of benzene rings is 1. The third-order valence-electron chi connectivity index (χ3n) is 3.18. The van der Waals surface area contributed by atoms with Gasteiger partial charge in [0.2, 0.25) is 0 Å². The maximum atomic E-state index is 12.9. The number of hydrogen-bond donors (Lipinski definition) is 1. The summed E-state index contributed by atoms with van der Waals surface area (Å²) in [4.78, 5) is 59.8. The molecule has 0 radical (unpaired) electrons. The van der Waals surface area contributed by atoms with Crippen molar-refractivity contribution in [1.29, 1.82) is 0 Å². The van der Waals surface area contributed by atoms with Crippen molar-refractivity contribution in [3.63, 3.8) is 0 Å². The molecule has 0 fully saturated rings. The van der Waals surface area contributed by atoms with E-state index >= 15 is 0 Å². The van der Waals surface area contributed by atoms with Crippen LogP contribution in [-0.4, -0.2) is 48.0 Å². The summed E-state index contributed by atoms with van der Waals surface area (Å²) >= 11 is 0. The van der Waals surface area contributed by atoms with Crippen molar-refractivity contribution in [3.8, 4) is 11.5 Å². The molecule has 0 bridgehead atoms. The number of hydrogen-bond acceptors (Lipinski definition) is 9. The molecule has 1 unspecified atom stereocenters. The number of esters is 3. The van der Waals surface area contributed by atoms with Gasteiger partial charge < -0.3 is 24.3 Å². The largest absolute Gasteiger partial charge is 0.464 e. The summed E-state index contributed by atoms with van der Waals surface area (Å²) in [6, 6.07) is 1.88. The summed E-state index contributed by atoms with van der Waals surface area (Å²) in [6.07, 6.45) is -0.995. The maximum absolute atomic E-state index is 12.9. The Morgan fingerprint density at radius 3 is 2.03 bits per heavy atom. The van der Waals surface area contributed by atoms with Crippen LogP contribution in [0.25, 0.3) is 0 Å². The Kier molecular flexibility index (Phi) is 8.51. The van der Waals surface area contributed by atoms with Crippen LogP contribution in [0.4, 0.5) is 4.79 Å². The molecule has 1 amide bonds. The van der Waals surface area contributed by atoms with Crippen molar-refractivity contribution in [3.05, 3.63) is 23.8 Å². The average Bonchev–Trinajstić information content (AvgIpc) is 2.58. The SMILES string of the molecule is CCOC(=O)C(NC(=O)OC(C)(C)C)C(=O)c1ccc(OC(C)=O)c(OC(C)=O)c1. The Morgan fingerprint density at radius 1 is 0.967 bits per heavy atom. The highest BCUT2D eigenvalue weighted by Crippen LogP contribution is 2.29. The van der Waals surface area contributed by atoms with Crippen molar-refractivity contribution in [2.24, 2.45) is 0 Å². The van der Waals surface area contributed by atoms with Crippen LogP contribution in [0.2, 0.25) is 0 Å². The Hall–Kier alpha value is -3.43. The second kappa shape index (κ2) is 10.4. The fourth-order valence-corrected chi connectivity index (χ4v) is 2.18. The van der Waals surface area contributed by atoms with Crippen LogP contribution in [0.15, 0.2) is 18.2 Å². The number of ether oxygens (including phenoxy) is 4. The summed E-state index contributed by atoms with van der Waals surface area (Å²) in [5, 5.41) is 2.19. The van der Waals surface area contributed by atoms with Gasteiger partial charge in [0, 0.05) is 19.4 Å². The van der Waals surface area contributed by atoms with Gasteiger partial charge >= 0.3 is 24.0 Å². The summed E-state index contributed by atoms with van der Waals surface area (Å²) in [5.41, 5.74) is -0.961. The minimum Gasteiger partial charge on any atom is -0.464 e. The first-order valence-electron chi connectivity index (χ1n) is 9.05. The number of amides is 1. The van der Waals surface area contributed by atoms with Gasteiger partial charge in [0.1, 0.15) is 5.60 Å². The number of carbonyl (C=O) groups excluding carboxylic acids is 5. The van der Waals surface area contributed by atoms with Gasteiger partial charge in [-0.2, -0.15) is 0 Å². The highest BCUT2D eigenvalue weighted by atomic mass is 16.6. The number of rotatable bonds is 7. The second-order valence-corrected chi connectivity index (χ2v) is 7.04. The van der Waals surface area contributed by atoms with Gasteiger partial charge in [-0.15, -0.1) is 0 Å². The van der Waals surface area contributed by atoms with E-state index in [2.05, 4.69) is 5.32 Å². The second-order valence-electron chi connectivity index (χ2n) is 7.04. The fourth-order valence-electron chi connectivity index (χ4n) is 2.18. The summed E-state index contributed by atoms with van der Waals surface area (Å²) < 4.78 is 19.9. The van der Waals surface area contributed by atoms with Gasteiger partial charge in [-0.25, -0.2) is 9.59 Å². The van der Waals surface area contributed by atoms with Crippen molar-refractivity contribution in [2.75, 3.05) is 6.61 Å². The van der Waals surface area contributed by atoms with E-state index < -0.39 is 41.4 Å². The van der Waals surface area contributed by atoms with Crippen molar-refractivity contribution in [2.45, 2.75) is 53.2 Å². The normalized spacial score (nSPS) is 11.7. The van der Waals surface area contributed by atoms with E-state index in [9.17, 15) is 24.0 Å². The zero-order valence-electron chi connectivity index (χ0n) is 17.7. The van der Waals surface area contributed by atoms with Crippen LogP contribution in [0.3, 0.4) is 0 Å². The van der Waals surface area contributed by atoms with Gasteiger partial charge in [-0.05, 0) is 45.9 Å². The molecule has 30 heavy (non-hydrogen) atoms. The monoisotopic (exact) mass is 423 g/mol. The van der Waals surface area contributed by atoms with Gasteiger partial charge in [-0.3, -0.25) is 14.4 Å². The predicted molar refractivity (Wildman–Crippen MR) is 103 cm³/mol. The van der Waals surface area contributed by atoms with E-state index in [1.165, 1.54) is 12.1 Å². The molecular formula is C20H25NO9. The minimum atomic E-state index is -1.70. The summed E-state index contributed by atoms with van der Waals surface area (Å²) in [6.45, 7) is 8.64. The lowest BCUT2D eigenvalue weighted by atomic mass is 10.0. The lowest BCUT2D eigenvalue weighted by Crippen LogP contribution is -2.49. The zero-order chi connectivity index (χ0) is 23.1. The first-order valence-corrected chi connectivity index (χ1v) is 9.05. The molecule has 1 aromatic carbocycles. The Balaban J connectivity index is 3.26. The molecule has 0 aliphatic carbocycles. The Labute approximate surface area is 173 Å². The van der Waals surface area contributed by atoms with Gasteiger partial charge in [-0.1, -0.05) is 0 Å². The molecule has 0 saturated heterocycles. The van der Waals surface area contributed by atoms with Crippen LogP contribution in [0, 0.1) is 0 Å². The van der Waals surface area contributed by atoms with Crippen molar-refractivity contribution < 1.29 is 42.9 Å². The van der Waals surface area contributed by atoms with Crippen LogP contribution in [0.5, 0.6) is 11.5 Å². The number of ketones is 1. The molecule has 10 heteroatoms. The average molecular weight is 423 g/mol. The molecule has 1 rings (SSSR count). The van der Waals surface area contributed by atoms with Crippen LogP contribution < -0.4 is 14.8 Å². The molecule has 0 aliphatic rings. The zero-order valence-corrected chi connectivity index (χ0v) is 17.7. The lowest BCUT2D eigenvalue weighted by molar-refractivity contribution is -0.144. The van der Waals surface area contributed by atoms with Crippen LogP contribution in [-0.2, 0) is 23.9 Å². The maximum Gasteiger partial charge on any atom is 0.408 e. The Morgan fingerprint density at radius 2 is 1.53 bits per heavy atom. The van der Waals surface area contributed by atoms with Crippen LogP contribution >= 0.6 is 0 Å². The molecule has 1 aromatic rings. The third kappa shape index (κ3) is 7.90. The highest BCUT2D eigenvalue weighted by Gasteiger charge is 2.33. The van der Waals surface area contributed by atoms with E-state index in [-0.39, 0.29) is 23.7 Å². The lowest BCUT2D eigenvalue weighted by Gasteiger charge is -2.22. The fraction of sp³-hybridized carbons (Fsp3) is 0.450. The van der Waals surface area contributed by atoms with Crippen molar-refractivity contribution in [1.82, 2.24) is 5.32 Å². The number of carbonyl (C=O) groups is 5.